The van der Waals surface area contributed by atoms with Crippen LogP contribution in [0, 0.1) is 19.8 Å². The summed E-state index contributed by atoms with van der Waals surface area (Å²) >= 11 is 1.52. The first-order chi connectivity index (χ1) is 13.7. The van der Waals surface area contributed by atoms with Crippen molar-refractivity contribution in [3.05, 3.63) is 35.0 Å². The van der Waals surface area contributed by atoms with Crippen molar-refractivity contribution in [3.8, 4) is 11.6 Å². The second-order valence-corrected chi connectivity index (χ2v) is 8.23. The predicted molar refractivity (Wildman–Crippen MR) is 115 cm³/mol. The molecule has 158 valence electrons. The third-order valence-corrected chi connectivity index (χ3v) is 5.40. The molecule has 0 aliphatic carbocycles. The van der Waals surface area contributed by atoms with Gasteiger partial charge in [0.2, 0.25) is 5.88 Å². The Bertz CT molecular complexity index is 859. The number of thioether (sulfide) groups is 1. The minimum atomic E-state index is -2.69. The molecular formula is C21H28F2N4OS. The number of hydrogen-bond donors (Lipinski definition) is 0. The SMILES string of the molecule is CCN(C)C=Nc1cc(C(F)F)c(Oc2nc(SCC(C)C)ncc2C)cc1C. The van der Waals surface area contributed by atoms with Gasteiger partial charge in [0.1, 0.15) is 5.75 Å². The second kappa shape index (κ2) is 10.5. The Hall–Kier alpha value is -2.22. The lowest BCUT2D eigenvalue weighted by atomic mass is 10.1. The Morgan fingerprint density at radius 2 is 1.97 bits per heavy atom. The van der Waals surface area contributed by atoms with E-state index in [0.717, 1.165) is 17.9 Å². The summed E-state index contributed by atoms with van der Waals surface area (Å²) in [4.78, 5) is 14.9. The zero-order valence-electron chi connectivity index (χ0n) is 17.7. The summed E-state index contributed by atoms with van der Waals surface area (Å²) in [5.74, 6) is 1.72. The van der Waals surface area contributed by atoms with Gasteiger partial charge in [-0.25, -0.2) is 18.8 Å². The number of aryl methyl sites for hydroxylation is 2. The highest BCUT2D eigenvalue weighted by atomic mass is 32.2. The van der Waals surface area contributed by atoms with E-state index in [0.29, 0.717) is 22.3 Å². The predicted octanol–water partition coefficient (Wildman–Crippen LogP) is 6.18. The van der Waals surface area contributed by atoms with Crippen LogP contribution in [0.4, 0.5) is 14.5 Å². The van der Waals surface area contributed by atoms with E-state index >= 15 is 0 Å². The molecule has 29 heavy (non-hydrogen) atoms. The number of benzene rings is 1. The molecule has 0 atom stereocenters. The minimum Gasteiger partial charge on any atom is -0.438 e. The van der Waals surface area contributed by atoms with Crippen LogP contribution in [0.1, 0.15) is 43.9 Å². The molecule has 0 bridgehead atoms. The number of aliphatic imine (C=N–C) groups is 1. The van der Waals surface area contributed by atoms with Crippen LogP contribution in [0.25, 0.3) is 0 Å². The van der Waals surface area contributed by atoms with Crippen LogP contribution in [-0.4, -0.2) is 40.6 Å². The molecule has 2 aromatic rings. The van der Waals surface area contributed by atoms with Crippen molar-refractivity contribution in [2.45, 2.75) is 46.2 Å². The number of alkyl halides is 2. The number of rotatable bonds is 9. The van der Waals surface area contributed by atoms with Crippen LogP contribution in [0.5, 0.6) is 11.6 Å². The van der Waals surface area contributed by atoms with Gasteiger partial charge < -0.3 is 9.64 Å². The van der Waals surface area contributed by atoms with Gasteiger partial charge in [0, 0.05) is 31.1 Å². The molecule has 0 saturated carbocycles. The molecule has 5 nitrogen and oxygen atoms in total. The smallest absolute Gasteiger partial charge is 0.267 e. The summed E-state index contributed by atoms with van der Waals surface area (Å²) in [6.45, 7) is 10.6. The first kappa shape index (κ1) is 23.1. The molecule has 0 spiro atoms. The van der Waals surface area contributed by atoms with Crippen molar-refractivity contribution < 1.29 is 13.5 Å². The molecule has 2 rings (SSSR count). The molecule has 0 unspecified atom stereocenters. The summed E-state index contributed by atoms with van der Waals surface area (Å²) < 4.78 is 33.3. The van der Waals surface area contributed by atoms with Crippen LogP contribution in [0.2, 0.25) is 0 Å². The molecule has 0 fully saturated rings. The van der Waals surface area contributed by atoms with Crippen LogP contribution < -0.4 is 4.74 Å². The van der Waals surface area contributed by atoms with Crippen molar-refractivity contribution in [2.24, 2.45) is 10.9 Å². The zero-order valence-corrected chi connectivity index (χ0v) is 18.6. The molecule has 0 saturated heterocycles. The highest BCUT2D eigenvalue weighted by Gasteiger charge is 2.19. The Balaban J connectivity index is 2.36. The fraction of sp³-hybridized carbons (Fsp3) is 0.476. The monoisotopic (exact) mass is 422 g/mol. The highest BCUT2D eigenvalue weighted by molar-refractivity contribution is 7.99. The van der Waals surface area contributed by atoms with E-state index in [2.05, 4.69) is 28.8 Å². The summed E-state index contributed by atoms with van der Waals surface area (Å²) in [5, 5.41) is 0.568. The molecule has 0 N–H and O–H groups in total. The van der Waals surface area contributed by atoms with Gasteiger partial charge in [0.05, 0.1) is 17.6 Å². The van der Waals surface area contributed by atoms with E-state index in [-0.39, 0.29) is 17.2 Å². The molecule has 1 heterocycles. The number of ether oxygens (including phenoxy) is 1. The van der Waals surface area contributed by atoms with Crippen molar-refractivity contribution in [2.75, 3.05) is 19.3 Å². The van der Waals surface area contributed by atoms with E-state index < -0.39 is 6.43 Å². The van der Waals surface area contributed by atoms with Crippen molar-refractivity contribution in [1.29, 1.82) is 0 Å². The summed E-state index contributed by atoms with van der Waals surface area (Å²) in [6.07, 6.45) is 0.588. The zero-order chi connectivity index (χ0) is 21.6. The molecule has 0 aliphatic rings. The Morgan fingerprint density at radius 3 is 2.59 bits per heavy atom. The molecule has 0 amide bonds. The van der Waals surface area contributed by atoms with Gasteiger partial charge in [-0.3, -0.25) is 0 Å². The maximum absolute atomic E-state index is 13.7. The molecule has 0 radical (unpaired) electrons. The van der Waals surface area contributed by atoms with Gasteiger partial charge in [0.15, 0.2) is 5.16 Å². The lowest BCUT2D eigenvalue weighted by molar-refractivity contribution is 0.148. The van der Waals surface area contributed by atoms with E-state index in [1.165, 1.54) is 17.8 Å². The van der Waals surface area contributed by atoms with Crippen LogP contribution in [0.15, 0.2) is 28.5 Å². The normalized spacial score (nSPS) is 11.7. The van der Waals surface area contributed by atoms with Gasteiger partial charge in [-0.15, -0.1) is 0 Å². The van der Waals surface area contributed by atoms with Crippen molar-refractivity contribution in [3.63, 3.8) is 0 Å². The molecular weight excluding hydrogens is 394 g/mol. The standard InChI is InChI=1S/C21H28F2N4OS/c1-7-27(6)12-25-17-9-16(19(22)23)18(8-14(17)4)28-20-15(5)10-24-21(26-20)29-11-13(2)3/h8-10,12-13,19H,7,11H2,1-6H3. The van der Waals surface area contributed by atoms with Gasteiger partial charge >= 0.3 is 0 Å². The van der Waals surface area contributed by atoms with E-state index in [9.17, 15) is 8.78 Å². The molecule has 0 aliphatic heterocycles. The minimum absolute atomic E-state index is 0.0851. The van der Waals surface area contributed by atoms with Crippen LogP contribution in [-0.2, 0) is 0 Å². The van der Waals surface area contributed by atoms with Gasteiger partial charge in [0.25, 0.3) is 6.43 Å². The lowest BCUT2D eigenvalue weighted by Gasteiger charge is -2.15. The Labute approximate surface area is 175 Å². The first-order valence-corrected chi connectivity index (χ1v) is 10.5. The molecule has 8 heteroatoms. The highest BCUT2D eigenvalue weighted by Crippen LogP contribution is 2.38. The van der Waals surface area contributed by atoms with Crippen molar-refractivity contribution in [1.82, 2.24) is 14.9 Å². The average molecular weight is 423 g/mol. The first-order valence-electron chi connectivity index (χ1n) is 9.52. The van der Waals surface area contributed by atoms with E-state index in [1.807, 2.05) is 25.8 Å². The third kappa shape index (κ3) is 6.66. The average Bonchev–Trinajstić information content (AvgIpc) is 2.67. The Morgan fingerprint density at radius 1 is 1.24 bits per heavy atom. The summed E-state index contributed by atoms with van der Waals surface area (Å²) in [5.41, 5.74) is 1.70. The van der Waals surface area contributed by atoms with E-state index in [4.69, 9.17) is 4.74 Å². The number of halogens is 2. The second-order valence-electron chi connectivity index (χ2n) is 7.24. The lowest BCUT2D eigenvalue weighted by Crippen LogP contribution is -2.14. The fourth-order valence-electron chi connectivity index (χ4n) is 2.26. The number of nitrogens with zero attached hydrogens (tertiary/aromatic N) is 4. The van der Waals surface area contributed by atoms with Gasteiger partial charge in [-0.05, 0) is 44.4 Å². The summed E-state index contributed by atoms with van der Waals surface area (Å²) in [6, 6.07) is 2.96. The van der Waals surface area contributed by atoms with Gasteiger partial charge in [-0.2, -0.15) is 4.98 Å². The van der Waals surface area contributed by atoms with Crippen LogP contribution in [0.3, 0.4) is 0 Å². The van der Waals surface area contributed by atoms with E-state index in [1.54, 1.807) is 25.5 Å². The maximum Gasteiger partial charge on any atom is 0.267 e. The summed E-state index contributed by atoms with van der Waals surface area (Å²) in [7, 11) is 1.87. The van der Waals surface area contributed by atoms with Crippen LogP contribution >= 0.6 is 11.8 Å². The quantitative estimate of drug-likeness (QED) is 0.209. The fourth-order valence-corrected chi connectivity index (χ4v) is 3.01. The molecule has 1 aromatic heterocycles. The third-order valence-electron chi connectivity index (χ3n) is 4.11. The topological polar surface area (TPSA) is 50.6 Å². The van der Waals surface area contributed by atoms with Crippen molar-refractivity contribution >= 4 is 23.8 Å². The van der Waals surface area contributed by atoms with Gasteiger partial charge in [-0.1, -0.05) is 25.6 Å². The number of hydrogen-bond acceptors (Lipinski definition) is 5. The maximum atomic E-state index is 13.7. The molecule has 1 aromatic carbocycles. The largest absolute Gasteiger partial charge is 0.438 e. The Kier molecular flexibility index (Phi) is 8.37. The number of aromatic nitrogens is 2.